The molecule has 3 aromatic rings. The minimum Gasteiger partial charge on any atom is -0.325 e. The van der Waals surface area contributed by atoms with Gasteiger partial charge < -0.3 is 10.3 Å². The molecule has 0 bridgehead atoms. The smallest absolute Gasteiger partial charge is 0.170 e. The Morgan fingerprint density at radius 2 is 2.00 bits per heavy atom. The van der Waals surface area contributed by atoms with Crippen LogP contribution in [0.25, 0.3) is 0 Å². The quantitative estimate of drug-likeness (QED) is 0.769. The first kappa shape index (κ1) is 12.6. The topological polar surface area (TPSA) is 74.5 Å². The van der Waals surface area contributed by atoms with Crippen LogP contribution in [0.1, 0.15) is 23.1 Å². The second-order valence-electron chi connectivity index (χ2n) is 4.67. The lowest BCUT2D eigenvalue weighted by molar-refractivity contribution is 0.657. The number of rotatable bonds is 4. The molecule has 1 aromatic carbocycles. The molecule has 2 N–H and O–H groups in total. The van der Waals surface area contributed by atoms with Gasteiger partial charge in [-0.25, -0.2) is 9.97 Å². The minimum absolute atomic E-state index is 0.206. The normalized spacial score (nSPS) is 12.5. The number of aromatic nitrogens is 5. The molecule has 0 aliphatic rings. The van der Waals surface area contributed by atoms with Crippen LogP contribution < -0.4 is 5.73 Å². The summed E-state index contributed by atoms with van der Waals surface area (Å²) in [6.45, 7) is 0.566. The largest absolute Gasteiger partial charge is 0.325 e. The summed E-state index contributed by atoms with van der Waals surface area (Å²) in [6.07, 6.45) is 5.23. The van der Waals surface area contributed by atoms with Gasteiger partial charge in [-0.3, -0.25) is 4.68 Å². The monoisotopic (exact) mass is 268 g/mol. The maximum atomic E-state index is 6.31. The van der Waals surface area contributed by atoms with Crippen LogP contribution in [0, 0.1) is 0 Å². The van der Waals surface area contributed by atoms with E-state index in [1.807, 2.05) is 41.9 Å². The Labute approximate surface area is 116 Å². The molecule has 0 spiro atoms. The van der Waals surface area contributed by atoms with Gasteiger partial charge in [0.1, 0.15) is 6.33 Å². The molecule has 0 saturated heterocycles. The van der Waals surface area contributed by atoms with Crippen molar-refractivity contribution in [3.05, 3.63) is 66.3 Å². The van der Waals surface area contributed by atoms with E-state index in [9.17, 15) is 0 Å². The molecule has 0 fully saturated rings. The van der Waals surface area contributed by atoms with E-state index >= 15 is 0 Å². The second kappa shape index (κ2) is 5.26. The van der Waals surface area contributed by atoms with Crippen molar-refractivity contribution in [1.29, 1.82) is 0 Å². The highest BCUT2D eigenvalue weighted by atomic mass is 15.3. The van der Waals surface area contributed by atoms with Crippen LogP contribution in [-0.4, -0.2) is 24.3 Å². The Bertz CT molecular complexity index is 685. The van der Waals surface area contributed by atoms with Crippen LogP contribution in [0.5, 0.6) is 0 Å². The SMILES string of the molecule is Cn1cnc(Cn2cncc2C(N)c2ccccc2)n1. The molecule has 0 aliphatic carbocycles. The van der Waals surface area contributed by atoms with Gasteiger partial charge in [-0.05, 0) is 5.56 Å². The van der Waals surface area contributed by atoms with Gasteiger partial charge in [0.05, 0.1) is 30.8 Å². The molecule has 20 heavy (non-hydrogen) atoms. The van der Waals surface area contributed by atoms with Crippen LogP contribution in [0.3, 0.4) is 0 Å². The molecule has 0 aliphatic heterocycles. The number of benzene rings is 1. The van der Waals surface area contributed by atoms with Crippen molar-refractivity contribution in [2.75, 3.05) is 0 Å². The van der Waals surface area contributed by atoms with Gasteiger partial charge in [-0.15, -0.1) is 0 Å². The van der Waals surface area contributed by atoms with E-state index in [2.05, 4.69) is 15.1 Å². The third-order valence-corrected chi connectivity index (χ3v) is 3.18. The zero-order valence-corrected chi connectivity index (χ0v) is 11.2. The third kappa shape index (κ3) is 2.46. The van der Waals surface area contributed by atoms with Crippen molar-refractivity contribution in [2.24, 2.45) is 12.8 Å². The van der Waals surface area contributed by atoms with Crippen molar-refractivity contribution in [3.63, 3.8) is 0 Å². The standard InChI is InChI=1S/C14H16N6/c1-19-10-17-13(18-19)8-20-9-16-7-12(20)14(15)11-5-3-2-4-6-11/h2-7,9-10,14H,8,15H2,1H3. The molecule has 2 aromatic heterocycles. The van der Waals surface area contributed by atoms with Crippen molar-refractivity contribution < 1.29 is 0 Å². The maximum Gasteiger partial charge on any atom is 0.170 e. The summed E-state index contributed by atoms with van der Waals surface area (Å²) in [5.41, 5.74) is 8.32. The van der Waals surface area contributed by atoms with Gasteiger partial charge in [0.15, 0.2) is 5.82 Å². The predicted molar refractivity (Wildman–Crippen MR) is 74.8 cm³/mol. The lowest BCUT2D eigenvalue weighted by Gasteiger charge is -2.14. The number of hydrogen-bond donors (Lipinski definition) is 1. The van der Waals surface area contributed by atoms with Crippen LogP contribution in [0.15, 0.2) is 49.2 Å². The van der Waals surface area contributed by atoms with E-state index in [1.165, 1.54) is 0 Å². The fourth-order valence-corrected chi connectivity index (χ4v) is 2.16. The van der Waals surface area contributed by atoms with E-state index < -0.39 is 0 Å². The third-order valence-electron chi connectivity index (χ3n) is 3.18. The fourth-order valence-electron chi connectivity index (χ4n) is 2.16. The Balaban J connectivity index is 1.86. The summed E-state index contributed by atoms with van der Waals surface area (Å²) in [5.74, 6) is 0.743. The Morgan fingerprint density at radius 1 is 1.20 bits per heavy atom. The van der Waals surface area contributed by atoms with Crippen LogP contribution in [0.4, 0.5) is 0 Å². The van der Waals surface area contributed by atoms with Gasteiger partial charge in [0.2, 0.25) is 0 Å². The molecule has 0 amide bonds. The number of nitrogens with zero attached hydrogens (tertiary/aromatic N) is 5. The molecule has 3 rings (SSSR count). The zero-order chi connectivity index (χ0) is 13.9. The highest BCUT2D eigenvalue weighted by Gasteiger charge is 2.14. The summed E-state index contributed by atoms with van der Waals surface area (Å²) in [5, 5.41) is 4.27. The molecule has 102 valence electrons. The van der Waals surface area contributed by atoms with E-state index in [0.29, 0.717) is 6.54 Å². The number of aryl methyl sites for hydroxylation is 1. The second-order valence-corrected chi connectivity index (χ2v) is 4.67. The van der Waals surface area contributed by atoms with Gasteiger partial charge in [0.25, 0.3) is 0 Å². The number of nitrogens with two attached hydrogens (primary N) is 1. The van der Waals surface area contributed by atoms with Crippen molar-refractivity contribution >= 4 is 0 Å². The Hall–Kier alpha value is -2.47. The van der Waals surface area contributed by atoms with Crippen molar-refractivity contribution in [1.82, 2.24) is 24.3 Å². The first-order valence-corrected chi connectivity index (χ1v) is 6.39. The van der Waals surface area contributed by atoms with Crippen LogP contribution in [-0.2, 0) is 13.6 Å². The first-order chi connectivity index (χ1) is 9.74. The molecule has 1 atom stereocenters. The van der Waals surface area contributed by atoms with E-state index in [0.717, 1.165) is 17.1 Å². The number of imidazole rings is 1. The van der Waals surface area contributed by atoms with Gasteiger partial charge in [-0.2, -0.15) is 5.10 Å². The van der Waals surface area contributed by atoms with Gasteiger partial charge in [0, 0.05) is 7.05 Å². The van der Waals surface area contributed by atoms with Crippen LogP contribution >= 0.6 is 0 Å². The molecule has 2 heterocycles. The lowest BCUT2D eigenvalue weighted by atomic mass is 10.1. The lowest BCUT2D eigenvalue weighted by Crippen LogP contribution is -2.17. The summed E-state index contributed by atoms with van der Waals surface area (Å²) < 4.78 is 3.66. The first-order valence-electron chi connectivity index (χ1n) is 6.39. The van der Waals surface area contributed by atoms with E-state index in [1.54, 1.807) is 23.5 Å². The van der Waals surface area contributed by atoms with Crippen molar-refractivity contribution in [2.45, 2.75) is 12.6 Å². The molecular weight excluding hydrogens is 252 g/mol. The Kier molecular flexibility index (Phi) is 3.30. The highest BCUT2D eigenvalue weighted by Crippen LogP contribution is 2.19. The summed E-state index contributed by atoms with van der Waals surface area (Å²) >= 11 is 0. The average Bonchev–Trinajstić information content (AvgIpc) is 3.09. The summed E-state index contributed by atoms with van der Waals surface area (Å²) in [7, 11) is 1.85. The fraction of sp³-hybridized carbons (Fsp3) is 0.214. The number of hydrogen-bond acceptors (Lipinski definition) is 4. The van der Waals surface area contributed by atoms with Gasteiger partial charge in [-0.1, -0.05) is 30.3 Å². The molecular formula is C14H16N6. The predicted octanol–water partition coefficient (Wildman–Crippen LogP) is 1.11. The highest BCUT2D eigenvalue weighted by molar-refractivity contribution is 5.26. The van der Waals surface area contributed by atoms with E-state index in [-0.39, 0.29) is 6.04 Å². The molecule has 1 unspecified atom stereocenters. The summed E-state index contributed by atoms with van der Waals surface area (Å²) in [4.78, 5) is 8.42. The Morgan fingerprint density at radius 3 is 2.70 bits per heavy atom. The maximum absolute atomic E-state index is 6.31. The average molecular weight is 268 g/mol. The summed E-state index contributed by atoms with van der Waals surface area (Å²) in [6, 6.07) is 9.77. The molecule has 6 nitrogen and oxygen atoms in total. The molecule has 0 saturated carbocycles. The van der Waals surface area contributed by atoms with Crippen molar-refractivity contribution in [3.8, 4) is 0 Å². The van der Waals surface area contributed by atoms with Crippen LogP contribution in [0.2, 0.25) is 0 Å². The zero-order valence-electron chi connectivity index (χ0n) is 11.2. The van der Waals surface area contributed by atoms with E-state index in [4.69, 9.17) is 5.73 Å². The molecule has 0 radical (unpaired) electrons. The molecule has 6 heteroatoms. The minimum atomic E-state index is -0.206. The van der Waals surface area contributed by atoms with Gasteiger partial charge >= 0.3 is 0 Å².